The molecular weight excluding hydrogens is 218 g/mol. The molecular formula is C13H21NO3. The first-order chi connectivity index (χ1) is 7.87. The molecule has 1 aliphatic heterocycles. The summed E-state index contributed by atoms with van der Waals surface area (Å²) < 4.78 is 5.28. The quantitative estimate of drug-likeness (QED) is 0.745. The number of esters is 1. The molecule has 0 unspecified atom stereocenters. The number of carbonyl (C=O) groups excluding carboxylic acids is 2. The van der Waals surface area contributed by atoms with Crippen LogP contribution in [-0.4, -0.2) is 23.5 Å². The minimum Gasteiger partial charge on any atom is -0.460 e. The van der Waals surface area contributed by atoms with Gasteiger partial charge in [-0.15, -0.1) is 0 Å². The Bertz CT molecular complexity index is 332. The molecule has 2 fully saturated rings. The van der Waals surface area contributed by atoms with E-state index in [0.717, 1.165) is 19.3 Å². The normalized spacial score (nSPS) is 32.2. The van der Waals surface area contributed by atoms with Crippen LogP contribution in [0.4, 0.5) is 0 Å². The predicted octanol–water partition coefficient (Wildman–Crippen LogP) is 1.63. The molecule has 0 aromatic rings. The molecule has 1 heterocycles. The van der Waals surface area contributed by atoms with Gasteiger partial charge in [0, 0.05) is 6.04 Å². The van der Waals surface area contributed by atoms with E-state index in [1.54, 1.807) is 0 Å². The summed E-state index contributed by atoms with van der Waals surface area (Å²) in [6.45, 7) is 5.54. The van der Waals surface area contributed by atoms with Gasteiger partial charge in [-0.05, 0) is 39.5 Å². The maximum absolute atomic E-state index is 11.8. The molecule has 0 spiro atoms. The van der Waals surface area contributed by atoms with Crippen LogP contribution in [0.2, 0.25) is 0 Å². The fourth-order valence-corrected chi connectivity index (χ4v) is 2.94. The van der Waals surface area contributed by atoms with Crippen molar-refractivity contribution in [3.8, 4) is 0 Å². The molecule has 17 heavy (non-hydrogen) atoms. The Kier molecular flexibility index (Phi) is 3.15. The monoisotopic (exact) mass is 239 g/mol. The number of amides is 1. The summed E-state index contributed by atoms with van der Waals surface area (Å²) in [7, 11) is 0. The van der Waals surface area contributed by atoms with Gasteiger partial charge in [0.05, 0.1) is 12.3 Å². The molecule has 0 radical (unpaired) electrons. The molecule has 2 aliphatic rings. The molecule has 0 aromatic carbocycles. The molecule has 0 bridgehead atoms. The van der Waals surface area contributed by atoms with Crippen LogP contribution in [0.3, 0.4) is 0 Å². The van der Waals surface area contributed by atoms with Gasteiger partial charge in [0.1, 0.15) is 5.60 Å². The highest BCUT2D eigenvalue weighted by Crippen LogP contribution is 2.38. The predicted molar refractivity (Wildman–Crippen MR) is 63.2 cm³/mol. The summed E-state index contributed by atoms with van der Waals surface area (Å²) >= 11 is 0. The summed E-state index contributed by atoms with van der Waals surface area (Å²) in [4.78, 5) is 23.5. The van der Waals surface area contributed by atoms with Crippen molar-refractivity contribution < 1.29 is 14.3 Å². The molecule has 1 amide bonds. The lowest BCUT2D eigenvalue weighted by molar-refractivity contribution is -0.157. The zero-order valence-electron chi connectivity index (χ0n) is 10.8. The van der Waals surface area contributed by atoms with Gasteiger partial charge in [0.25, 0.3) is 0 Å². The lowest BCUT2D eigenvalue weighted by Gasteiger charge is -2.21. The fraction of sp³-hybridized carbons (Fsp3) is 0.846. The molecule has 4 heteroatoms. The molecule has 2 rings (SSSR count). The molecule has 3 atom stereocenters. The van der Waals surface area contributed by atoms with Gasteiger partial charge in [0.2, 0.25) is 5.91 Å². The molecule has 1 N–H and O–H groups in total. The number of hydrogen-bond acceptors (Lipinski definition) is 3. The van der Waals surface area contributed by atoms with Crippen molar-refractivity contribution in [2.45, 2.75) is 58.1 Å². The zero-order chi connectivity index (χ0) is 12.6. The summed E-state index contributed by atoms with van der Waals surface area (Å²) in [5.41, 5.74) is -0.471. The second kappa shape index (κ2) is 4.31. The first-order valence-electron chi connectivity index (χ1n) is 6.39. The van der Waals surface area contributed by atoms with Gasteiger partial charge < -0.3 is 10.1 Å². The van der Waals surface area contributed by atoms with Crippen LogP contribution >= 0.6 is 0 Å². The number of hydrogen-bond donors (Lipinski definition) is 1. The summed E-state index contributed by atoms with van der Waals surface area (Å²) in [6.07, 6.45) is 3.49. The van der Waals surface area contributed by atoms with Crippen molar-refractivity contribution >= 4 is 11.9 Å². The number of rotatable bonds is 2. The Morgan fingerprint density at radius 2 is 2.12 bits per heavy atom. The van der Waals surface area contributed by atoms with Crippen molar-refractivity contribution in [3.05, 3.63) is 0 Å². The van der Waals surface area contributed by atoms with Crippen LogP contribution in [0, 0.1) is 11.8 Å². The topological polar surface area (TPSA) is 55.4 Å². The Hall–Kier alpha value is -1.06. The van der Waals surface area contributed by atoms with Crippen LogP contribution in [0.15, 0.2) is 0 Å². The van der Waals surface area contributed by atoms with Crippen LogP contribution in [0.1, 0.15) is 46.5 Å². The van der Waals surface area contributed by atoms with E-state index in [0.29, 0.717) is 12.0 Å². The minimum atomic E-state index is -0.471. The fourth-order valence-electron chi connectivity index (χ4n) is 2.94. The van der Waals surface area contributed by atoms with Crippen molar-refractivity contribution in [1.29, 1.82) is 0 Å². The molecule has 1 saturated carbocycles. The van der Waals surface area contributed by atoms with E-state index >= 15 is 0 Å². The summed E-state index contributed by atoms with van der Waals surface area (Å²) in [5, 5.41) is 2.99. The number of ether oxygens (including phenoxy) is 1. The smallest absolute Gasteiger partial charge is 0.307 e. The average Bonchev–Trinajstić information content (AvgIpc) is 2.67. The van der Waals surface area contributed by atoms with Crippen LogP contribution < -0.4 is 5.32 Å². The maximum atomic E-state index is 11.8. The Morgan fingerprint density at radius 3 is 2.76 bits per heavy atom. The lowest BCUT2D eigenvalue weighted by Crippen LogP contribution is -2.29. The van der Waals surface area contributed by atoms with E-state index in [-0.39, 0.29) is 24.2 Å². The van der Waals surface area contributed by atoms with E-state index in [1.165, 1.54) is 0 Å². The second-order valence-corrected chi connectivity index (χ2v) is 6.11. The third-order valence-corrected chi connectivity index (χ3v) is 3.56. The molecule has 1 saturated heterocycles. The molecule has 1 aliphatic carbocycles. The van der Waals surface area contributed by atoms with Gasteiger partial charge in [-0.25, -0.2) is 0 Å². The first kappa shape index (κ1) is 12.4. The molecule has 96 valence electrons. The SMILES string of the molecule is CC(C)(C)OC(=O)C[C@@H]1C(=O)N[C@H]2CCC[C@H]21. The van der Waals surface area contributed by atoms with E-state index < -0.39 is 5.60 Å². The maximum Gasteiger partial charge on any atom is 0.307 e. The van der Waals surface area contributed by atoms with Gasteiger partial charge in [-0.1, -0.05) is 6.42 Å². The van der Waals surface area contributed by atoms with Crippen LogP contribution in [-0.2, 0) is 14.3 Å². The third-order valence-electron chi connectivity index (χ3n) is 3.56. The largest absolute Gasteiger partial charge is 0.460 e. The first-order valence-corrected chi connectivity index (χ1v) is 6.39. The minimum absolute atomic E-state index is 0.0329. The van der Waals surface area contributed by atoms with Gasteiger partial charge in [0.15, 0.2) is 0 Å². The van der Waals surface area contributed by atoms with Crippen molar-refractivity contribution in [2.75, 3.05) is 0 Å². The van der Waals surface area contributed by atoms with E-state index in [4.69, 9.17) is 4.74 Å². The number of fused-ring (bicyclic) bond motifs is 1. The Labute approximate surface area is 102 Å². The summed E-state index contributed by atoms with van der Waals surface area (Å²) in [6, 6.07) is 0.301. The lowest BCUT2D eigenvalue weighted by atomic mass is 9.89. The Morgan fingerprint density at radius 1 is 1.41 bits per heavy atom. The third kappa shape index (κ3) is 2.79. The van der Waals surface area contributed by atoms with Crippen molar-refractivity contribution in [2.24, 2.45) is 11.8 Å². The van der Waals surface area contributed by atoms with Gasteiger partial charge >= 0.3 is 5.97 Å². The van der Waals surface area contributed by atoms with Crippen LogP contribution in [0.5, 0.6) is 0 Å². The second-order valence-electron chi connectivity index (χ2n) is 6.11. The summed E-state index contributed by atoms with van der Waals surface area (Å²) in [5.74, 6) is -0.0527. The highest BCUT2D eigenvalue weighted by atomic mass is 16.6. The molecule has 4 nitrogen and oxygen atoms in total. The van der Waals surface area contributed by atoms with E-state index in [2.05, 4.69) is 5.32 Å². The van der Waals surface area contributed by atoms with Gasteiger partial charge in [-0.3, -0.25) is 9.59 Å². The van der Waals surface area contributed by atoms with Gasteiger partial charge in [-0.2, -0.15) is 0 Å². The highest BCUT2D eigenvalue weighted by molar-refractivity contribution is 5.86. The van der Waals surface area contributed by atoms with E-state index in [9.17, 15) is 9.59 Å². The standard InChI is InChI=1S/C13H21NO3/c1-13(2,3)17-11(15)7-9-8-5-4-6-10(8)14-12(9)16/h8-10H,4-7H2,1-3H3,(H,14,16)/t8-,9-,10-/m0/s1. The van der Waals surface area contributed by atoms with Crippen LogP contribution in [0.25, 0.3) is 0 Å². The number of nitrogens with one attached hydrogen (secondary N) is 1. The highest BCUT2D eigenvalue weighted by Gasteiger charge is 2.45. The molecule has 0 aromatic heterocycles. The Balaban J connectivity index is 1.94. The van der Waals surface area contributed by atoms with Crippen molar-refractivity contribution in [3.63, 3.8) is 0 Å². The average molecular weight is 239 g/mol. The van der Waals surface area contributed by atoms with Crippen molar-refractivity contribution in [1.82, 2.24) is 5.32 Å². The number of carbonyl (C=O) groups is 2. The zero-order valence-corrected chi connectivity index (χ0v) is 10.8. The van der Waals surface area contributed by atoms with E-state index in [1.807, 2.05) is 20.8 Å².